The molecule has 1 N–H and O–H groups in total. The van der Waals surface area contributed by atoms with Crippen molar-refractivity contribution in [1.29, 1.82) is 0 Å². The Hall–Kier alpha value is -2.04. The van der Waals surface area contributed by atoms with E-state index in [0.29, 0.717) is 6.42 Å². The van der Waals surface area contributed by atoms with Crippen LogP contribution in [-0.4, -0.2) is 24.2 Å². The normalized spacial score (nSPS) is 10.9. The van der Waals surface area contributed by atoms with Gasteiger partial charge < -0.3 is 14.6 Å². The van der Waals surface area contributed by atoms with Gasteiger partial charge in [-0.25, -0.2) is 4.79 Å². The first-order valence-corrected chi connectivity index (χ1v) is 5.95. The molecule has 1 aromatic rings. The molecule has 0 heterocycles. The Morgan fingerprint density at radius 3 is 2.47 bits per heavy atom. The van der Waals surface area contributed by atoms with E-state index in [4.69, 9.17) is 4.74 Å². The highest BCUT2D eigenvalue weighted by atomic mass is 16.5. The Morgan fingerprint density at radius 1 is 1.32 bits per heavy atom. The summed E-state index contributed by atoms with van der Waals surface area (Å²) in [5, 5.41) is 9.37. The van der Waals surface area contributed by atoms with Gasteiger partial charge in [0.25, 0.3) is 0 Å². The average Bonchev–Trinajstić information content (AvgIpc) is 2.39. The topological polar surface area (TPSA) is 72.8 Å². The third-order valence-electron chi connectivity index (χ3n) is 3.01. The van der Waals surface area contributed by atoms with E-state index in [9.17, 15) is 14.7 Å². The predicted molar refractivity (Wildman–Crippen MR) is 69.2 cm³/mol. The molecule has 0 aliphatic heterocycles. The molecular formula is C14H18O5. The molecule has 1 aromatic carbocycles. The van der Waals surface area contributed by atoms with Crippen LogP contribution < -0.4 is 4.74 Å². The number of carbonyl (C=O) groups excluding carboxylic acids is 2. The number of methoxy groups -OCH3 is 1. The van der Waals surface area contributed by atoms with Gasteiger partial charge in [0, 0.05) is 0 Å². The first-order chi connectivity index (χ1) is 8.81. The molecule has 0 spiro atoms. The summed E-state index contributed by atoms with van der Waals surface area (Å²) in [5.74, 6) is -1.13. The van der Waals surface area contributed by atoms with Gasteiger partial charge in [0.05, 0.1) is 12.5 Å². The van der Waals surface area contributed by atoms with Crippen LogP contribution in [0.5, 0.6) is 11.5 Å². The van der Waals surface area contributed by atoms with Crippen LogP contribution in [-0.2, 0) is 9.53 Å². The van der Waals surface area contributed by atoms with E-state index in [-0.39, 0.29) is 17.1 Å². The number of carbonyl (C=O) groups is 2. The van der Waals surface area contributed by atoms with Crippen LogP contribution in [0.4, 0.5) is 0 Å². The molecule has 0 fully saturated rings. The van der Waals surface area contributed by atoms with Crippen molar-refractivity contribution in [3.63, 3.8) is 0 Å². The van der Waals surface area contributed by atoms with E-state index in [1.807, 2.05) is 6.92 Å². The maximum absolute atomic E-state index is 12.0. The summed E-state index contributed by atoms with van der Waals surface area (Å²) in [4.78, 5) is 23.5. The van der Waals surface area contributed by atoms with Crippen LogP contribution in [0.25, 0.3) is 0 Å². The summed E-state index contributed by atoms with van der Waals surface area (Å²) < 4.78 is 9.81. The molecule has 0 saturated carbocycles. The van der Waals surface area contributed by atoms with E-state index in [2.05, 4.69) is 4.74 Å². The lowest BCUT2D eigenvalue weighted by atomic mass is 9.91. The zero-order valence-corrected chi connectivity index (χ0v) is 11.5. The maximum Gasteiger partial charge on any atom is 0.341 e. The summed E-state index contributed by atoms with van der Waals surface area (Å²) in [5.41, 5.74) is -0.631. The van der Waals surface area contributed by atoms with Crippen LogP contribution in [0.2, 0.25) is 0 Å². The van der Waals surface area contributed by atoms with E-state index in [0.717, 1.165) is 0 Å². The Balaban J connectivity index is 3.08. The summed E-state index contributed by atoms with van der Waals surface area (Å²) in [6, 6.07) is 3.91. The summed E-state index contributed by atoms with van der Waals surface area (Å²) in [7, 11) is 1.22. The fourth-order valence-corrected chi connectivity index (χ4v) is 1.26. The van der Waals surface area contributed by atoms with Gasteiger partial charge in [-0.05, 0) is 38.5 Å². The summed E-state index contributed by atoms with van der Waals surface area (Å²) in [6.07, 6.45) is 0.609. The summed E-state index contributed by atoms with van der Waals surface area (Å²) >= 11 is 0. The van der Waals surface area contributed by atoms with Gasteiger partial charge in [-0.15, -0.1) is 0 Å². The van der Waals surface area contributed by atoms with Crippen LogP contribution in [0, 0.1) is 5.41 Å². The third kappa shape index (κ3) is 3.47. The number of benzene rings is 1. The lowest BCUT2D eigenvalue weighted by Crippen LogP contribution is -2.28. The van der Waals surface area contributed by atoms with Gasteiger partial charge in [-0.2, -0.15) is 0 Å². The van der Waals surface area contributed by atoms with Gasteiger partial charge >= 0.3 is 11.9 Å². The van der Waals surface area contributed by atoms with Crippen molar-refractivity contribution in [1.82, 2.24) is 0 Å². The van der Waals surface area contributed by atoms with Gasteiger partial charge in [0.2, 0.25) is 0 Å². The second-order valence-electron chi connectivity index (χ2n) is 4.80. The number of hydrogen-bond acceptors (Lipinski definition) is 5. The molecule has 1 rings (SSSR count). The van der Waals surface area contributed by atoms with Crippen molar-refractivity contribution in [3.8, 4) is 11.5 Å². The molecule has 0 amide bonds. The monoisotopic (exact) mass is 266 g/mol. The largest absolute Gasteiger partial charge is 0.508 e. The van der Waals surface area contributed by atoms with Gasteiger partial charge in [-0.3, -0.25) is 4.79 Å². The van der Waals surface area contributed by atoms with Crippen molar-refractivity contribution in [2.45, 2.75) is 27.2 Å². The zero-order valence-electron chi connectivity index (χ0n) is 11.5. The molecule has 19 heavy (non-hydrogen) atoms. The molecule has 104 valence electrons. The van der Waals surface area contributed by atoms with Crippen LogP contribution in [0.1, 0.15) is 37.6 Å². The van der Waals surface area contributed by atoms with Crippen molar-refractivity contribution >= 4 is 11.9 Å². The van der Waals surface area contributed by atoms with Crippen molar-refractivity contribution < 1.29 is 24.2 Å². The Kier molecular flexibility index (Phi) is 4.53. The molecule has 5 heteroatoms. The van der Waals surface area contributed by atoms with E-state index in [1.54, 1.807) is 13.8 Å². The second-order valence-corrected chi connectivity index (χ2v) is 4.80. The van der Waals surface area contributed by atoms with Gasteiger partial charge in [0.1, 0.15) is 17.1 Å². The van der Waals surface area contributed by atoms with E-state index in [1.165, 1.54) is 25.3 Å². The molecule has 0 bridgehead atoms. The lowest BCUT2D eigenvalue weighted by molar-refractivity contribution is -0.144. The average molecular weight is 266 g/mol. The minimum absolute atomic E-state index is 0.0164. The highest BCUT2D eigenvalue weighted by molar-refractivity contribution is 5.94. The highest BCUT2D eigenvalue weighted by Gasteiger charge is 2.29. The van der Waals surface area contributed by atoms with Crippen LogP contribution in [0.15, 0.2) is 18.2 Å². The molecule has 0 aliphatic carbocycles. The SMILES string of the molecule is CCC(C)(C)C(=O)Oc1ccc(O)cc1C(=O)OC. The van der Waals surface area contributed by atoms with Crippen molar-refractivity contribution in [3.05, 3.63) is 23.8 Å². The minimum Gasteiger partial charge on any atom is -0.508 e. The highest BCUT2D eigenvalue weighted by Crippen LogP contribution is 2.28. The Labute approximate surface area is 112 Å². The predicted octanol–water partition coefficient (Wildman–Crippen LogP) is 2.52. The molecule has 0 radical (unpaired) electrons. The fraction of sp³-hybridized carbons (Fsp3) is 0.429. The molecule has 0 aromatic heterocycles. The lowest BCUT2D eigenvalue weighted by Gasteiger charge is -2.20. The molecule has 0 unspecified atom stereocenters. The number of esters is 2. The van der Waals surface area contributed by atoms with E-state index >= 15 is 0 Å². The molecule has 0 aliphatic rings. The number of rotatable bonds is 4. The Morgan fingerprint density at radius 2 is 1.95 bits per heavy atom. The van der Waals surface area contributed by atoms with Crippen LogP contribution in [0.3, 0.4) is 0 Å². The second kappa shape index (κ2) is 5.73. The molecular weight excluding hydrogens is 248 g/mol. The molecule has 0 saturated heterocycles. The zero-order chi connectivity index (χ0) is 14.6. The first-order valence-electron chi connectivity index (χ1n) is 5.95. The van der Waals surface area contributed by atoms with Crippen LogP contribution >= 0.6 is 0 Å². The minimum atomic E-state index is -0.673. The fourth-order valence-electron chi connectivity index (χ4n) is 1.26. The molecule has 0 atom stereocenters. The number of hydrogen-bond donors (Lipinski definition) is 1. The van der Waals surface area contributed by atoms with Gasteiger partial charge in [0.15, 0.2) is 0 Å². The molecule has 5 nitrogen and oxygen atoms in total. The first kappa shape index (κ1) is 15.0. The number of ether oxygens (including phenoxy) is 2. The smallest absolute Gasteiger partial charge is 0.341 e. The quantitative estimate of drug-likeness (QED) is 0.669. The van der Waals surface area contributed by atoms with Gasteiger partial charge in [-0.1, -0.05) is 6.92 Å². The number of phenolic OH excluding ortho intramolecular Hbond substituents is 1. The maximum atomic E-state index is 12.0. The van der Waals surface area contributed by atoms with Crippen molar-refractivity contribution in [2.24, 2.45) is 5.41 Å². The number of aromatic hydroxyl groups is 1. The Bertz CT molecular complexity index is 491. The van der Waals surface area contributed by atoms with Crippen molar-refractivity contribution in [2.75, 3.05) is 7.11 Å². The standard InChI is InChI=1S/C14H18O5/c1-5-14(2,3)13(17)19-11-7-6-9(15)8-10(11)12(16)18-4/h6-8,15H,5H2,1-4H3. The summed E-state index contributed by atoms with van der Waals surface area (Å²) in [6.45, 7) is 5.39. The van der Waals surface area contributed by atoms with E-state index < -0.39 is 17.4 Å². The third-order valence-corrected chi connectivity index (χ3v) is 3.01. The number of phenols is 1.